The molecule has 0 bridgehead atoms. The van der Waals surface area contributed by atoms with Crippen LogP contribution in [0.4, 0.5) is 0 Å². The molecule has 0 radical (unpaired) electrons. The predicted molar refractivity (Wildman–Crippen MR) is 219 cm³/mol. The summed E-state index contributed by atoms with van der Waals surface area (Å²) in [4.78, 5) is 12.3. The van der Waals surface area contributed by atoms with Crippen LogP contribution in [0.25, 0.3) is 0 Å². The highest BCUT2D eigenvalue weighted by molar-refractivity contribution is 6.00. The minimum atomic E-state index is -1.43. The van der Waals surface area contributed by atoms with Crippen LogP contribution in [-0.2, 0) is 14.3 Å². The minimum absolute atomic E-state index is 0.182. The Morgan fingerprint density at radius 1 is 0.796 bits per heavy atom. The number of aliphatic hydroxyl groups excluding tert-OH is 4. The molecule has 1 unspecified atom stereocenters. The summed E-state index contributed by atoms with van der Waals surface area (Å²) in [5, 5.41) is 51.2. The molecule has 1 saturated heterocycles. The molecule has 2 aliphatic rings. The molecule has 1 aliphatic carbocycles. The van der Waals surface area contributed by atoms with Gasteiger partial charge in [0.2, 0.25) is 0 Å². The lowest BCUT2D eigenvalue weighted by Gasteiger charge is -2.42. The topological polar surface area (TPSA) is 137 Å². The fraction of sp³-hybridized carbons (Fsp3) is 0.500. The van der Waals surface area contributed by atoms with Crippen LogP contribution in [0.15, 0.2) is 130 Å². The molecule has 0 saturated carbocycles. The first-order chi connectivity index (χ1) is 25.1. The number of ether oxygens (including phenoxy) is 2. The van der Waals surface area contributed by atoms with Gasteiger partial charge in [-0.25, -0.2) is 0 Å². The summed E-state index contributed by atoms with van der Waals surface area (Å²) in [6.45, 7) is 20.9. The van der Waals surface area contributed by atoms with E-state index in [2.05, 4.69) is 26.0 Å². The van der Waals surface area contributed by atoms with Gasteiger partial charge in [-0.1, -0.05) is 133 Å². The molecule has 8 heteroatoms. The molecule has 54 heavy (non-hydrogen) atoms. The highest BCUT2D eigenvalue weighted by Crippen LogP contribution is 2.39. The van der Waals surface area contributed by atoms with E-state index in [4.69, 9.17) is 9.47 Å². The standard InChI is InChI=1S/C46H66O8/c1-30(17-12-13-18-31(2)20-15-23-33(4)25-27-37-35(6)40(48)38(47)29-45(37,8)9)19-14-21-32(3)22-16-24-34(5)26-28-39(46(10,11)52)54-44-43(51)42(50)41(49)36(7)53-44/h12-25,27,36,38-39,41-44,47,49-52H,26,28-29H2,1-11H3/b13-12+,19-14+,20-15+,22-16+,27-25+,30-17+,31-18+,32-21+,33-23+,34-24+/t36-,38-,39-,41+,42+,43-,44?/m0/s1. The van der Waals surface area contributed by atoms with Gasteiger partial charge in [-0.2, -0.15) is 0 Å². The molecule has 298 valence electrons. The number of Topliss-reactive ketones (excluding diaryl/α,β-unsaturated/α-hetero) is 1. The fourth-order valence-electron chi connectivity index (χ4n) is 6.16. The zero-order valence-corrected chi connectivity index (χ0v) is 34.3. The van der Waals surface area contributed by atoms with Crippen molar-refractivity contribution < 1.29 is 39.8 Å². The Labute approximate surface area is 324 Å². The first-order valence-corrected chi connectivity index (χ1v) is 18.9. The van der Waals surface area contributed by atoms with Crippen LogP contribution in [0, 0.1) is 5.41 Å². The smallest absolute Gasteiger partial charge is 0.187 e. The van der Waals surface area contributed by atoms with Gasteiger partial charge in [0.15, 0.2) is 12.1 Å². The van der Waals surface area contributed by atoms with Crippen molar-refractivity contribution in [2.45, 2.75) is 144 Å². The lowest BCUT2D eigenvalue weighted by atomic mass is 9.71. The SMILES string of the molecule is CC1=C(/C=C/C(C)=C/C=C/C(C)=C/C=C/C=C(C)/C=C/C=C(C)/C=C/C=C(\C)CC[C@H](OC2O[C@@H](C)[C@@H](O)[C@@H](O)[C@@H]2O)C(C)(C)O)C(C)(C)C[C@H](O)C1=O. The number of hydrogen-bond donors (Lipinski definition) is 5. The third kappa shape index (κ3) is 15.3. The second kappa shape index (κ2) is 21.6. The van der Waals surface area contributed by atoms with Crippen LogP contribution < -0.4 is 0 Å². The molecule has 5 N–H and O–H groups in total. The third-order valence-corrected chi connectivity index (χ3v) is 9.72. The molecular weight excluding hydrogens is 680 g/mol. The van der Waals surface area contributed by atoms with E-state index in [1.54, 1.807) is 27.7 Å². The maximum absolute atomic E-state index is 12.3. The van der Waals surface area contributed by atoms with E-state index in [0.717, 1.165) is 33.4 Å². The van der Waals surface area contributed by atoms with Crippen LogP contribution in [0.3, 0.4) is 0 Å². The number of carbonyl (C=O) groups excluding carboxylic acids is 1. The lowest BCUT2D eigenvalue weighted by molar-refractivity contribution is -0.315. The van der Waals surface area contributed by atoms with Crippen molar-refractivity contribution in [1.82, 2.24) is 0 Å². The molecule has 8 nitrogen and oxygen atoms in total. The number of rotatable bonds is 16. The molecule has 0 aromatic carbocycles. The van der Waals surface area contributed by atoms with Crippen LogP contribution in [-0.4, -0.2) is 79.8 Å². The first kappa shape index (κ1) is 46.7. The van der Waals surface area contributed by atoms with Crippen molar-refractivity contribution in [2.24, 2.45) is 5.41 Å². The van der Waals surface area contributed by atoms with Crippen molar-refractivity contribution in [1.29, 1.82) is 0 Å². The molecule has 1 heterocycles. The van der Waals surface area contributed by atoms with Crippen LogP contribution >= 0.6 is 0 Å². The molecule has 0 aromatic heterocycles. The van der Waals surface area contributed by atoms with Crippen molar-refractivity contribution >= 4 is 5.78 Å². The largest absolute Gasteiger partial charge is 0.388 e. The van der Waals surface area contributed by atoms with E-state index < -0.39 is 48.5 Å². The quantitative estimate of drug-likeness (QED) is 0.101. The summed E-state index contributed by atoms with van der Waals surface area (Å²) in [7, 11) is 0. The minimum Gasteiger partial charge on any atom is -0.388 e. The normalized spacial score (nSPS) is 27.9. The first-order valence-electron chi connectivity index (χ1n) is 18.9. The number of hydrogen-bond acceptors (Lipinski definition) is 8. The summed E-state index contributed by atoms with van der Waals surface area (Å²) >= 11 is 0. The van der Waals surface area contributed by atoms with E-state index in [0.29, 0.717) is 24.8 Å². The molecule has 1 aliphatic heterocycles. The van der Waals surface area contributed by atoms with E-state index in [1.165, 1.54) is 0 Å². The Bertz CT molecular complexity index is 1610. The van der Waals surface area contributed by atoms with E-state index in [9.17, 15) is 30.3 Å². The zero-order chi connectivity index (χ0) is 40.8. The molecule has 0 spiro atoms. The van der Waals surface area contributed by atoms with Crippen LogP contribution in [0.2, 0.25) is 0 Å². The van der Waals surface area contributed by atoms with Crippen molar-refractivity contribution in [2.75, 3.05) is 0 Å². The number of ketones is 1. The Balaban J connectivity index is 1.87. The Morgan fingerprint density at radius 2 is 1.28 bits per heavy atom. The van der Waals surface area contributed by atoms with E-state index in [1.807, 2.05) is 114 Å². The molecule has 2 rings (SSSR count). The second-order valence-corrected chi connectivity index (χ2v) is 16.0. The number of allylic oxidation sites excluding steroid dienone is 21. The Hall–Kier alpha value is -3.47. The molecule has 7 atom stereocenters. The second-order valence-electron chi connectivity index (χ2n) is 16.0. The van der Waals surface area contributed by atoms with Gasteiger partial charge in [0.05, 0.1) is 17.8 Å². The molecule has 1 fully saturated rings. The van der Waals surface area contributed by atoms with Crippen LogP contribution in [0.1, 0.15) is 95.4 Å². The number of carbonyl (C=O) groups is 1. The fourth-order valence-corrected chi connectivity index (χ4v) is 6.16. The summed E-state index contributed by atoms with van der Waals surface area (Å²) in [6, 6.07) is 0. The van der Waals surface area contributed by atoms with Gasteiger partial charge in [0.1, 0.15) is 24.4 Å². The molecule has 0 amide bonds. The molecule has 0 aromatic rings. The van der Waals surface area contributed by atoms with Gasteiger partial charge in [-0.15, -0.1) is 0 Å². The van der Waals surface area contributed by atoms with E-state index in [-0.39, 0.29) is 11.2 Å². The maximum atomic E-state index is 12.3. The van der Waals surface area contributed by atoms with Gasteiger partial charge in [0.25, 0.3) is 0 Å². The highest BCUT2D eigenvalue weighted by atomic mass is 16.7. The Kier molecular flexibility index (Phi) is 18.7. The summed E-state index contributed by atoms with van der Waals surface area (Å²) in [5.74, 6) is -0.182. The third-order valence-electron chi connectivity index (χ3n) is 9.72. The van der Waals surface area contributed by atoms with Crippen LogP contribution in [0.5, 0.6) is 0 Å². The zero-order valence-electron chi connectivity index (χ0n) is 34.3. The van der Waals surface area contributed by atoms with E-state index >= 15 is 0 Å². The summed E-state index contributed by atoms with van der Waals surface area (Å²) in [6.07, 6.45) is 24.4. The van der Waals surface area contributed by atoms with Crippen molar-refractivity contribution in [3.63, 3.8) is 0 Å². The summed E-state index contributed by atoms with van der Waals surface area (Å²) < 4.78 is 11.5. The van der Waals surface area contributed by atoms with Gasteiger partial charge in [0, 0.05) is 0 Å². The van der Waals surface area contributed by atoms with Crippen molar-refractivity contribution in [3.8, 4) is 0 Å². The lowest BCUT2D eigenvalue weighted by Crippen LogP contribution is -2.59. The van der Waals surface area contributed by atoms with Gasteiger partial charge in [-0.05, 0) is 98.1 Å². The molecular formula is C46H66O8. The Morgan fingerprint density at radius 3 is 1.80 bits per heavy atom. The average Bonchev–Trinajstić information content (AvgIpc) is 3.07. The van der Waals surface area contributed by atoms with Gasteiger partial charge >= 0.3 is 0 Å². The highest BCUT2D eigenvalue weighted by Gasteiger charge is 2.44. The van der Waals surface area contributed by atoms with Gasteiger partial charge in [-0.3, -0.25) is 4.79 Å². The number of aliphatic hydroxyl groups is 5. The van der Waals surface area contributed by atoms with Gasteiger partial charge < -0.3 is 35.0 Å². The average molecular weight is 747 g/mol. The monoisotopic (exact) mass is 746 g/mol. The maximum Gasteiger partial charge on any atom is 0.187 e. The van der Waals surface area contributed by atoms with Crippen molar-refractivity contribution in [3.05, 3.63) is 130 Å². The predicted octanol–water partition coefficient (Wildman–Crippen LogP) is 7.94. The summed E-state index contributed by atoms with van der Waals surface area (Å²) in [5.41, 5.74) is 5.59.